The molecule has 2 amide bonds. The van der Waals surface area contributed by atoms with Crippen molar-refractivity contribution in [3.63, 3.8) is 0 Å². The molecule has 8 nitrogen and oxygen atoms in total. The maximum Gasteiger partial charge on any atom is 0.310 e. The van der Waals surface area contributed by atoms with Crippen molar-refractivity contribution in [2.75, 3.05) is 11.9 Å². The molecule has 0 radical (unpaired) electrons. The van der Waals surface area contributed by atoms with Gasteiger partial charge in [-0.1, -0.05) is 48.5 Å². The Morgan fingerprint density at radius 1 is 1.12 bits per heavy atom. The molecule has 33 heavy (non-hydrogen) atoms. The maximum absolute atomic E-state index is 13.1. The molecule has 2 saturated heterocycles. The van der Waals surface area contributed by atoms with Gasteiger partial charge in [-0.3, -0.25) is 14.4 Å². The third kappa shape index (κ3) is 5.70. The van der Waals surface area contributed by atoms with E-state index >= 15 is 0 Å². The third-order valence-corrected chi connectivity index (χ3v) is 5.91. The van der Waals surface area contributed by atoms with E-state index in [1.807, 2.05) is 60.7 Å². The average molecular weight is 452 g/mol. The lowest BCUT2D eigenvalue weighted by Crippen LogP contribution is -2.53. The van der Waals surface area contributed by atoms with Gasteiger partial charge in [0, 0.05) is 12.2 Å². The molecule has 2 heterocycles. The van der Waals surface area contributed by atoms with Crippen LogP contribution in [-0.2, 0) is 30.5 Å². The van der Waals surface area contributed by atoms with Crippen molar-refractivity contribution < 1.29 is 23.9 Å². The Morgan fingerprint density at radius 2 is 1.82 bits per heavy atom. The molecule has 0 spiro atoms. The Bertz CT molecular complexity index is 969. The van der Waals surface area contributed by atoms with Crippen molar-refractivity contribution in [2.24, 2.45) is 0 Å². The molecule has 0 saturated carbocycles. The van der Waals surface area contributed by atoms with E-state index < -0.39 is 30.4 Å². The van der Waals surface area contributed by atoms with Crippen LogP contribution in [0, 0.1) is 0 Å². The fourth-order valence-electron chi connectivity index (χ4n) is 4.23. The van der Waals surface area contributed by atoms with Crippen LogP contribution in [-0.4, -0.2) is 53.6 Å². The number of ether oxygens (including phenoxy) is 2. The van der Waals surface area contributed by atoms with Crippen molar-refractivity contribution in [3.8, 4) is 0 Å². The molecular formula is C25H29N3O5. The van der Waals surface area contributed by atoms with Crippen molar-refractivity contribution in [3.05, 3.63) is 66.2 Å². The predicted octanol–water partition coefficient (Wildman–Crippen LogP) is 2.45. The normalized spacial score (nSPS) is 23.1. The number of nitrogens with one attached hydrogen (secondary N) is 2. The minimum absolute atomic E-state index is 0.0395. The first kappa shape index (κ1) is 22.8. The Balaban J connectivity index is 1.35. The number of esters is 1. The predicted molar refractivity (Wildman–Crippen MR) is 122 cm³/mol. The van der Waals surface area contributed by atoms with E-state index in [1.54, 1.807) is 11.8 Å². The highest BCUT2D eigenvalue weighted by atomic mass is 16.7. The molecule has 0 bridgehead atoms. The second kappa shape index (κ2) is 10.5. The number of amides is 2. The van der Waals surface area contributed by atoms with E-state index in [9.17, 15) is 14.4 Å². The molecule has 0 aromatic heterocycles. The van der Waals surface area contributed by atoms with Crippen molar-refractivity contribution in [2.45, 2.75) is 57.2 Å². The summed E-state index contributed by atoms with van der Waals surface area (Å²) in [6.07, 6.45) is 0.506. The fraction of sp³-hybridized carbons (Fsp3) is 0.400. The zero-order valence-corrected chi connectivity index (χ0v) is 18.6. The topological polar surface area (TPSA) is 97.0 Å². The number of hydrogen-bond acceptors (Lipinski definition) is 6. The number of rotatable bonds is 8. The standard InChI is InChI=1S/C25H29N3O5/c1-17(26-19-11-6-3-7-12-19)24(31)28-14-8-13-21(28)23(30)27-20-15-22(29)33-25(20)32-16-18-9-4-2-5-10-18/h2-7,9-12,17,20-21,25-26H,8,13-16H2,1H3,(H,27,30)/t17-,20?,21-,25?/m0/s1. The Morgan fingerprint density at radius 3 is 2.55 bits per heavy atom. The summed E-state index contributed by atoms with van der Waals surface area (Å²) in [6.45, 7) is 2.58. The third-order valence-electron chi connectivity index (χ3n) is 5.91. The van der Waals surface area contributed by atoms with Crippen LogP contribution in [0.25, 0.3) is 0 Å². The lowest BCUT2D eigenvalue weighted by atomic mass is 10.1. The summed E-state index contributed by atoms with van der Waals surface area (Å²) in [7, 11) is 0. The number of likely N-dealkylation sites (tertiary alicyclic amines) is 1. The van der Waals surface area contributed by atoms with Gasteiger partial charge in [0.25, 0.3) is 0 Å². The molecule has 2 aromatic rings. The highest BCUT2D eigenvalue weighted by molar-refractivity contribution is 5.92. The molecule has 0 aliphatic carbocycles. The number of benzene rings is 2. The molecule has 2 aromatic carbocycles. The van der Waals surface area contributed by atoms with Gasteiger partial charge in [0.2, 0.25) is 18.1 Å². The Hall–Kier alpha value is -3.39. The molecule has 4 atom stereocenters. The minimum Gasteiger partial charge on any atom is -0.433 e. The molecule has 2 N–H and O–H groups in total. The summed E-state index contributed by atoms with van der Waals surface area (Å²) >= 11 is 0. The SMILES string of the molecule is C[C@H](Nc1ccccc1)C(=O)N1CCC[C@H]1C(=O)NC1CC(=O)OC1OCc1ccccc1. The first-order valence-electron chi connectivity index (χ1n) is 11.3. The fourth-order valence-corrected chi connectivity index (χ4v) is 4.23. The molecule has 2 unspecified atom stereocenters. The van der Waals surface area contributed by atoms with Gasteiger partial charge in [-0.05, 0) is 37.5 Å². The van der Waals surface area contributed by atoms with Crippen LogP contribution in [0.4, 0.5) is 5.69 Å². The van der Waals surface area contributed by atoms with Gasteiger partial charge in [0.1, 0.15) is 18.1 Å². The molecular weight excluding hydrogens is 422 g/mol. The van der Waals surface area contributed by atoms with Gasteiger partial charge < -0.3 is 25.0 Å². The van der Waals surface area contributed by atoms with Gasteiger partial charge in [0.15, 0.2) is 0 Å². The molecule has 4 rings (SSSR count). The largest absolute Gasteiger partial charge is 0.433 e. The molecule has 2 aliphatic rings. The van der Waals surface area contributed by atoms with Crippen LogP contribution >= 0.6 is 0 Å². The van der Waals surface area contributed by atoms with Crippen molar-refractivity contribution >= 4 is 23.5 Å². The lowest BCUT2D eigenvalue weighted by Gasteiger charge is -2.29. The first-order valence-corrected chi connectivity index (χ1v) is 11.3. The van der Waals surface area contributed by atoms with E-state index in [4.69, 9.17) is 9.47 Å². The zero-order chi connectivity index (χ0) is 23.2. The van der Waals surface area contributed by atoms with Crippen LogP contribution in [0.2, 0.25) is 0 Å². The quantitative estimate of drug-likeness (QED) is 0.599. The van der Waals surface area contributed by atoms with Crippen LogP contribution in [0.15, 0.2) is 60.7 Å². The van der Waals surface area contributed by atoms with E-state index in [1.165, 1.54) is 0 Å². The Kier molecular flexibility index (Phi) is 7.24. The average Bonchev–Trinajstić information content (AvgIpc) is 3.45. The van der Waals surface area contributed by atoms with Crippen LogP contribution in [0.5, 0.6) is 0 Å². The summed E-state index contributed by atoms with van der Waals surface area (Å²) in [6, 6.07) is 17.4. The van der Waals surface area contributed by atoms with Crippen LogP contribution < -0.4 is 10.6 Å². The van der Waals surface area contributed by atoms with Crippen LogP contribution in [0.1, 0.15) is 31.7 Å². The highest BCUT2D eigenvalue weighted by Crippen LogP contribution is 2.23. The zero-order valence-electron chi connectivity index (χ0n) is 18.6. The number of nitrogens with zero attached hydrogens (tertiary/aromatic N) is 1. The number of para-hydroxylation sites is 1. The Labute approximate surface area is 193 Å². The minimum atomic E-state index is -0.856. The molecule has 2 aliphatic heterocycles. The number of carbonyl (C=O) groups excluding carboxylic acids is 3. The number of anilines is 1. The highest BCUT2D eigenvalue weighted by Gasteiger charge is 2.41. The van der Waals surface area contributed by atoms with E-state index in [0.29, 0.717) is 13.0 Å². The smallest absolute Gasteiger partial charge is 0.310 e. The summed E-state index contributed by atoms with van der Waals surface area (Å²) < 4.78 is 11.0. The van der Waals surface area contributed by atoms with Gasteiger partial charge in [-0.2, -0.15) is 0 Å². The summed E-state index contributed by atoms with van der Waals surface area (Å²) in [4.78, 5) is 39.6. The van der Waals surface area contributed by atoms with E-state index in [2.05, 4.69) is 10.6 Å². The van der Waals surface area contributed by atoms with Crippen molar-refractivity contribution in [1.29, 1.82) is 0 Å². The van der Waals surface area contributed by atoms with Crippen LogP contribution in [0.3, 0.4) is 0 Å². The number of carbonyl (C=O) groups is 3. The second-order valence-electron chi connectivity index (χ2n) is 8.40. The summed E-state index contributed by atoms with van der Waals surface area (Å²) in [5, 5.41) is 6.08. The molecule has 8 heteroatoms. The van der Waals surface area contributed by atoms with E-state index in [-0.39, 0.29) is 24.8 Å². The molecule has 174 valence electrons. The first-order chi connectivity index (χ1) is 16.0. The second-order valence-corrected chi connectivity index (χ2v) is 8.40. The lowest BCUT2D eigenvalue weighted by molar-refractivity contribution is -0.168. The molecule has 2 fully saturated rings. The number of cyclic esters (lactones) is 1. The van der Waals surface area contributed by atoms with Gasteiger partial charge >= 0.3 is 5.97 Å². The van der Waals surface area contributed by atoms with Gasteiger partial charge in [-0.15, -0.1) is 0 Å². The van der Waals surface area contributed by atoms with Gasteiger partial charge in [-0.25, -0.2) is 0 Å². The summed E-state index contributed by atoms with van der Waals surface area (Å²) in [5.74, 6) is -0.838. The number of hydrogen-bond donors (Lipinski definition) is 2. The maximum atomic E-state index is 13.1. The van der Waals surface area contributed by atoms with Gasteiger partial charge in [0.05, 0.1) is 13.0 Å². The van der Waals surface area contributed by atoms with Crippen molar-refractivity contribution in [1.82, 2.24) is 10.2 Å². The summed E-state index contributed by atoms with van der Waals surface area (Å²) in [5.41, 5.74) is 1.79. The van der Waals surface area contributed by atoms with E-state index in [0.717, 1.165) is 17.7 Å². The monoisotopic (exact) mass is 451 g/mol.